The van der Waals surface area contributed by atoms with Crippen LogP contribution in [0.1, 0.15) is 23.0 Å². The smallest absolute Gasteiger partial charge is 0.434 e. The van der Waals surface area contributed by atoms with E-state index in [1.54, 1.807) is 0 Å². The molecule has 0 bridgehead atoms. The third-order valence-corrected chi connectivity index (χ3v) is 3.76. The Morgan fingerprint density at radius 2 is 1.79 bits per heavy atom. The number of hydrogen-bond donors (Lipinski definition) is 2. The van der Waals surface area contributed by atoms with Crippen molar-refractivity contribution in [2.75, 3.05) is 6.61 Å². The Morgan fingerprint density at radius 3 is 2.36 bits per heavy atom. The second kappa shape index (κ2) is 6.91. The van der Waals surface area contributed by atoms with Crippen molar-refractivity contribution in [1.29, 1.82) is 0 Å². The summed E-state index contributed by atoms with van der Waals surface area (Å²) in [6.45, 7) is 1.15. The van der Waals surface area contributed by atoms with Gasteiger partial charge in [0.15, 0.2) is 5.69 Å². The molecule has 2 aromatic heterocycles. The number of aromatic amines is 2. The van der Waals surface area contributed by atoms with E-state index in [2.05, 4.69) is 4.98 Å². The number of esters is 1. The lowest BCUT2D eigenvalue weighted by Gasteiger charge is -2.17. The van der Waals surface area contributed by atoms with E-state index in [0.717, 1.165) is 24.3 Å². The second-order valence-corrected chi connectivity index (χ2v) is 5.57. The molecule has 0 saturated heterocycles. The van der Waals surface area contributed by atoms with Gasteiger partial charge in [-0.3, -0.25) is 14.8 Å². The summed E-state index contributed by atoms with van der Waals surface area (Å²) >= 11 is 0. The Bertz CT molecular complexity index is 1180. The number of pyridine rings is 1. The first kappa shape index (κ1) is 19.3. The zero-order chi connectivity index (χ0) is 20.6. The van der Waals surface area contributed by atoms with Crippen LogP contribution in [-0.2, 0) is 10.9 Å². The number of halogens is 4. The molecule has 0 fully saturated rings. The van der Waals surface area contributed by atoms with Crippen LogP contribution in [0.3, 0.4) is 0 Å². The number of ether oxygens (including phenoxy) is 1. The highest BCUT2D eigenvalue weighted by Crippen LogP contribution is 2.38. The molecule has 0 spiro atoms. The molecular weight excluding hydrogens is 386 g/mol. The monoisotopic (exact) mass is 397 g/mol. The molecule has 0 aliphatic heterocycles. The fraction of sp³-hybridized carbons (Fsp3) is 0.176. The van der Waals surface area contributed by atoms with Crippen LogP contribution in [0.15, 0.2) is 33.9 Å². The lowest BCUT2D eigenvalue weighted by Crippen LogP contribution is -2.26. The first-order valence-electron chi connectivity index (χ1n) is 7.84. The standard InChI is InChI=1S/C17H11F4N3O4/c1-2-28-15(26)10-9(7-3-5-8(18)6-4-7)11-13(22-12(10)17(19,20)21)23-16(27)24-14(11)25/h3-6H,2H2,1H3,(H2,22,23,24,25,27). The summed E-state index contributed by atoms with van der Waals surface area (Å²) in [7, 11) is 0. The van der Waals surface area contributed by atoms with Gasteiger partial charge in [0.2, 0.25) is 0 Å². The molecule has 1 aromatic carbocycles. The Morgan fingerprint density at radius 1 is 1.14 bits per heavy atom. The van der Waals surface area contributed by atoms with Crippen LogP contribution in [0.5, 0.6) is 0 Å². The van der Waals surface area contributed by atoms with Gasteiger partial charge >= 0.3 is 17.8 Å². The molecule has 3 aromatic rings. The SMILES string of the molecule is CCOC(=O)c1c(C(F)(F)F)nc2[nH]c(=O)[nH]c(=O)c2c1-c1ccc(F)cc1. The molecule has 2 heterocycles. The van der Waals surface area contributed by atoms with Crippen molar-refractivity contribution in [3.8, 4) is 11.1 Å². The van der Waals surface area contributed by atoms with Crippen molar-refractivity contribution in [3.05, 3.63) is 62.2 Å². The lowest BCUT2D eigenvalue weighted by atomic mass is 9.95. The Hall–Kier alpha value is -3.50. The normalized spacial score (nSPS) is 11.6. The lowest BCUT2D eigenvalue weighted by molar-refractivity contribution is -0.141. The van der Waals surface area contributed by atoms with Gasteiger partial charge in [0, 0.05) is 5.56 Å². The van der Waals surface area contributed by atoms with Gasteiger partial charge in [-0.25, -0.2) is 19.0 Å². The summed E-state index contributed by atoms with van der Waals surface area (Å²) in [4.78, 5) is 43.4. The number of hydrogen-bond acceptors (Lipinski definition) is 5. The molecule has 2 N–H and O–H groups in total. The molecule has 11 heteroatoms. The number of carbonyl (C=O) groups excluding carboxylic acids is 1. The number of benzene rings is 1. The number of aromatic nitrogens is 3. The van der Waals surface area contributed by atoms with E-state index in [-0.39, 0.29) is 12.2 Å². The topological polar surface area (TPSA) is 105 Å². The number of nitrogens with zero attached hydrogens (tertiary/aromatic N) is 1. The third-order valence-electron chi connectivity index (χ3n) is 3.76. The maximum absolute atomic E-state index is 13.6. The van der Waals surface area contributed by atoms with Gasteiger partial charge in [-0.2, -0.15) is 13.2 Å². The van der Waals surface area contributed by atoms with E-state index in [9.17, 15) is 31.9 Å². The first-order chi connectivity index (χ1) is 13.1. The summed E-state index contributed by atoms with van der Waals surface area (Å²) in [5.74, 6) is -2.05. The number of fused-ring (bicyclic) bond motifs is 1. The zero-order valence-corrected chi connectivity index (χ0v) is 14.1. The van der Waals surface area contributed by atoms with E-state index >= 15 is 0 Å². The van der Waals surface area contributed by atoms with Crippen LogP contribution in [-0.4, -0.2) is 27.5 Å². The van der Waals surface area contributed by atoms with Gasteiger partial charge in [0.25, 0.3) is 5.56 Å². The zero-order valence-electron chi connectivity index (χ0n) is 14.1. The highest BCUT2D eigenvalue weighted by atomic mass is 19.4. The van der Waals surface area contributed by atoms with Crippen LogP contribution in [0, 0.1) is 5.82 Å². The largest absolute Gasteiger partial charge is 0.462 e. The number of carbonyl (C=O) groups is 1. The van der Waals surface area contributed by atoms with Gasteiger partial charge in [-0.15, -0.1) is 0 Å². The number of H-pyrrole nitrogens is 2. The van der Waals surface area contributed by atoms with E-state index in [1.807, 2.05) is 9.97 Å². The predicted molar refractivity (Wildman–Crippen MR) is 89.3 cm³/mol. The Kier molecular flexibility index (Phi) is 4.75. The van der Waals surface area contributed by atoms with E-state index in [4.69, 9.17) is 4.74 Å². The second-order valence-electron chi connectivity index (χ2n) is 5.57. The van der Waals surface area contributed by atoms with Crippen molar-refractivity contribution in [2.24, 2.45) is 0 Å². The maximum atomic E-state index is 13.6. The summed E-state index contributed by atoms with van der Waals surface area (Å²) in [5.41, 5.74) is -6.01. The molecule has 0 atom stereocenters. The van der Waals surface area contributed by atoms with Crippen LogP contribution in [0.25, 0.3) is 22.2 Å². The molecule has 7 nitrogen and oxygen atoms in total. The van der Waals surface area contributed by atoms with Gasteiger partial charge in [0.1, 0.15) is 11.5 Å². The van der Waals surface area contributed by atoms with Crippen LogP contribution >= 0.6 is 0 Å². The van der Waals surface area contributed by atoms with E-state index in [0.29, 0.717) is 0 Å². The highest BCUT2D eigenvalue weighted by molar-refractivity contribution is 6.07. The van der Waals surface area contributed by atoms with Crippen LogP contribution in [0.4, 0.5) is 17.6 Å². The molecule has 0 unspecified atom stereocenters. The Labute approximate surface area is 153 Å². The van der Waals surface area contributed by atoms with Crippen LogP contribution < -0.4 is 11.2 Å². The fourth-order valence-electron chi connectivity index (χ4n) is 2.71. The van der Waals surface area contributed by atoms with Gasteiger partial charge in [-0.1, -0.05) is 12.1 Å². The minimum Gasteiger partial charge on any atom is -0.462 e. The van der Waals surface area contributed by atoms with Gasteiger partial charge in [-0.05, 0) is 24.6 Å². The third kappa shape index (κ3) is 3.38. The summed E-state index contributed by atoms with van der Waals surface area (Å²) in [6.07, 6.45) is -5.11. The van der Waals surface area contributed by atoms with Crippen molar-refractivity contribution < 1.29 is 27.1 Å². The molecule has 3 rings (SSSR count). The molecule has 0 radical (unpaired) electrons. The van der Waals surface area contributed by atoms with Crippen molar-refractivity contribution in [1.82, 2.24) is 15.0 Å². The fourth-order valence-corrected chi connectivity index (χ4v) is 2.71. The number of alkyl halides is 3. The van der Waals surface area contributed by atoms with Crippen molar-refractivity contribution in [3.63, 3.8) is 0 Å². The quantitative estimate of drug-likeness (QED) is 0.522. The average molecular weight is 397 g/mol. The molecule has 0 aliphatic rings. The average Bonchev–Trinajstić information content (AvgIpc) is 2.60. The predicted octanol–water partition coefficient (Wildman–Crippen LogP) is 2.61. The van der Waals surface area contributed by atoms with Crippen molar-refractivity contribution in [2.45, 2.75) is 13.1 Å². The van der Waals surface area contributed by atoms with E-state index in [1.165, 1.54) is 6.92 Å². The molecule has 0 saturated carbocycles. The van der Waals surface area contributed by atoms with Gasteiger partial charge in [0.05, 0.1) is 17.6 Å². The molecule has 0 amide bonds. The first-order valence-corrected chi connectivity index (χ1v) is 7.84. The number of nitrogens with one attached hydrogen (secondary N) is 2. The Balaban J connectivity index is 2.59. The molecule has 0 aliphatic carbocycles. The maximum Gasteiger partial charge on any atom is 0.434 e. The number of rotatable bonds is 3. The van der Waals surface area contributed by atoms with Gasteiger partial charge < -0.3 is 4.74 Å². The molecule has 28 heavy (non-hydrogen) atoms. The summed E-state index contributed by atoms with van der Waals surface area (Å²) in [6, 6.07) is 4.09. The minimum atomic E-state index is -5.11. The van der Waals surface area contributed by atoms with E-state index < -0.39 is 57.1 Å². The summed E-state index contributed by atoms with van der Waals surface area (Å²) in [5, 5.41) is -0.470. The molecule has 146 valence electrons. The van der Waals surface area contributed by atoms with Crippen LogP contribution in [0.2, 0.25) is 0 Å². The summed E-state index contributed by atoms with van der Waals surface area (Å²) < 4.78 is 58.9. The molecular formula is C17H11F4N3O4. The van der Waals surface area contributed by atoms with Crippen molar-refractivity contribution >= 4 is 17.0 Å². The minimum absolute atomic E-state index is 0.0695. The highest BCUT2D eigenvalue weighted by Gasteiger charge is 2.41.